The molecule has 0 saturated carbocycles. The van der Waals surface area contributed by atoms with Gasteiger partial charge in [-0.1, -0.05) is 12.1 Å². The second-order valence-corrected chi connectivity index (χ2v) is 5.74. The molecule has 7 heteroatoms. The quantitative estimate of drug-likeness (QED) is 0.812. The number of benzene rings is 1. The monoisotopic (exact) mass is 329 g/mol. The molecule has 0 aliphatic carbocycles. The van der Waals surface area contributed by atoms with Crippen molar-refractivity contribution < 1.29 is 14.4 Å². The summed E-state index contributed by atoms with van der Waals surface area (Å²) in [6.07, 6.45) is 3.04. The lowest BCUT2D eigenvalue weighted by atomic mass is 10.2. The van der Waals surface area contributed by atoms with E-state index in [0.29, 0.717) is 16.0 Å². The number of carbonyl (C=O) groups is 3. The summed E-state index contributed by atoms with van der Waals surface area (Å²) in [7, 11) is 0. The number of nitrogens with two attached hydrogens (primary N) is 1. The second kappa shape index (κ2) is 7.55. The number of hydrogen-bond acceptors (Lipinski definition) is 5. The van der Waals surface area contributed by atoms with E-state index in [9.17, 15) is 14.4 Å². The summed E-state index contributed by atoms with van der Waals surface area (Å²) in [6, 6.07) is 9.19. The Balaban J connectivity index is 2.19. The van der Waals surface area contributed by atoms with Crippen molar-refractivity contribution in [2.45, 2.75) is 17.9 Å². The molecule has 23 heavy (non-hydrogen) atoms. The number of primary amides is 1. The summed E-state index contributed by atoms with van der Waals surface area (Å²) >= 11 is 0.931. The number of pyridine rings is 1. The van der Waals surface area contributed by atoms with Crippen LogP contribution in [0.25, 0.3) is 0 Å². The number of nitrogens with zero attached hydrogens (tertiary/aromatic N) is 1. The first-order valence-corrected chi connectivity index (χ1v) is 7.62. The van der Waals surface area contributed by atoms with Gasteiger partial charge in [-0.05, 0) is 43.0 Å². The molecule has 118 valence electrons. The van der Waals surface area contributed by atoms with E-state index in [4.69, 9.17) is 5.73 Å². The molecule has 2 rings (SSSR count). The number of aromatic nitrogens is 1. The lowest BCUT2D eigenvalue weighted by Gasteiger charge is -2.12. The summed E-state index contributed by atoms with van der Waals surface area (Å²) in [5, 5.41) is 2.28. The molecule has 0 radical (unpaired) electrons. The fraction of sp³-hybridized carbons (Fsp3) is 0.125. The number of nitrogens with one attached hydrogen (secondary N) is 1. The third-order valence-electron chi connectivity index (χ3n) is 3.01. The van der Waals surface area contributed by atoms with Crippen LogP contribution in [0.4, 0.5) is 0 Å². The van der Waals surface area contributed by atoms with Crippen LogP contribution >= 0.6 is 11.8 Å². The molecular weight excluding hydrogens is 314 g/mol. The summed E-state index contributed by atoms with van der Waals surface area (Å²) in [6.45, 7) is 1.50. The molecule has 2 aromatic rings. The van der Waals surface area contributed by atoms with Crippen LogP contribution in [0.3, 0.4) is 0 Å². The van der Waals surface area contributed by atoms with Crippen molar-refractivity contribution in [1.82, 2.24) is 10.3 Å². The number of hydrogen-bond donors (Lipinski definition) is 2. The highest BCUT2D eigenvalue weighted by atomic mass is 32.2. The Morgan fingerprint density at radius 3 is 2.57 bits per heavy atom. The number of amides is 2. The van der Waals surface area contributed by atoms with E-state index in [1.165, 1.54) is 13.1 Å². The maximum Gasteiger partial charge on any atom is 0.253 e. The van der Waals surface area contributed by atoms with Gasteiger partial charge < -0.3 is 11.1 Å². The fourth-order valence-corrected chi connectivity index (χ4v) is 2.59. The SMILES string of the molecule is C[C@H](NC(=O)c1ccccc1SC(=O)c1cccnc1)C(N)=O. The standard InChI is InChI=1S/C16H15N3O3S/c1-10(14(17)20)19-15(21)12-6-2-3-7-13(12)23-16(22)11-5-4-8-18-9-11/h2-10H,1H3,(H2,17,20)(H,19,21)/t10-/m0/s1. The van der Waals surface area contributed by atoms with E-state index in [1.54, 1.807) is 42.6 Å². The van der Waals surface area contributed by atoms with Crippen molar-refractivity contribution >= 4 is 28.7 Å². The molecule has 0 saturated heterocycles. The molecule has 1 aromatic heterocycles. The smallest absolute Gasteiger partial charge is 0.253 e. The van der Waals surface area contributed by atoms with Crippen molar-refractivity contribution in [2.24, 2.45) is 5.73 Å². The van der Waals surface area contributed by atoms with Gasteiger partial charge in [0.25, 0.3) is 5.91 Å². The summed E-state index contributed by atoms with van der Waals surface area (Å²) in [5.74, 6) is -1.09. The number of rotatable bonds is 5. The van der Waals surface area contributed by atoms with Gasteiger partial charge in [-0.15, -0.1) is 0 Å². The van der Waals surface area contributed by atoms with Crippen molar-refractivity contribution in [3.05, 3.63) is 59.9 Å². The average molecular weight is 329 g/mol. The molecular formula is C16H15N3O3S. The largest absolute Gasteiger partial charge is 0.368 e. The fourth-order valence-electron chi connectivity index (χ4n) is 1.73. The Hall–Kier alpha value is -2.67. The molecule has 0 bridgehead atoms. The van der Waals surface area contributed by atoms with Gasteiger partial charge in [-0.2, -0.15) is 0 Å². The molecule has 6 nitrogen and oxygen atoms in total. The van der Waals surface area contributed by atoms with Crippen molar-refractivity contribution in [3.8, 4) is 0 Å². The highest BCUT2D eigenvalue weighted by molar-refractivity contribution is 8.14. The minimum atomic E-state index is -0.797. The third-order valence-corrected chi connectivity index (χ3v) is 4.00. The van der Waals surface area contributed by atoms with Crippen molar-refractivity contribution in [2.75, 3.05) is 0 Å². The van der Waals surface area contributed by atoms with Gasteiger partial charge in [-0.3, -0.25) is 19.4 Å². The van der Waals surface area contributed by atoms with E-state index in [2.05, 4.69) is 10.3 Å². The van der Waals surface area contributed by atoms with E-state index in [-0.39, 0.29) is 5.12 Å². The van der Waals surface area contributed by atoms with Gasteiger partial charge in [0, 0.05) is 22.9 Å². The number of thioether (sulfide) groups is 1. The zero-order valence-electron chi connectivity index (χ0n) is 12.4. The van der Waals surface area contributed by atoms with Gasteiger partial charge >= 0.3 is 0 Å². The van der Waals surface area contributed by atoms with Crippen LogP contribution in [-0.2, 0) is 4.79 Å². The summed E-state index contributed by atoms with van der Waals surface area (Å²) < 4.78 is 0. The Kier molecular flexibility index (Phi) is 5.48. The summed E-state index contributed by atoms with van der Waals surface area (Å²) in [5.41, 5.74) is 5.89. The molecule has 3 N–H and O–H groups in total. The molecule has 0 fully saturated rings. The molecule has 1 atom stereocenters. The Morgan fingerprint density at radius 2 is 1.91 bits per heavy atom. The second-order valence-electron chi connectivity index (χ2n) is 4.72. The van der Waals surface area contributed by atoms with Crippen LogP contribution in [0.2, 0.25) is 0 Å². The minimum Gasteiger partial charge on any atom is -0.368 e. The Labute approximate surface area is 137 Å². The Morgan fingerprint density at radius 1 is 1.17 bits per heavy atom. The van der Waals surface area contributed by atoms with Crippen LogP contribution < -0.4 is 11.1 Å². The predicted octanol–water partition coefficient (Wildman–Crippen LogP) is 1.62. The minimum absolute atomic E-state index is 0.221. The third kappa shape index (κ3) is 4.40. The highest BCUT2D eigenvalue weighted by Gasteiger charge is 2.18. The topological polar surface area (TPSA) is 102 Å². The molecule has 0 aliphatic rings. The van der Waals surface area contributed by atoms with E-state index < -0.39 is 17.9 Å². The lowest BCUT2D eigenvalue weighted by molar-refractivity contribution is -0.119. The van der Waals surface area contributed by atoms with Crippen LogP contribution in [0, 0.1) is 0 Å². The zero-order valence-corrected chi connectivity index (χ0v) is 13.2. The Bertz CT molecular complexity index is 734. The first-order chi connectivity index (χ1) is 11.0. The van der Waals surface area contributed by atoms with Crippen LogP contribution in [0.1, 0.15) is 27.6 Å². The van der Waals surface area contributed by atoms with Crippen molar-refractivity contribution in [1.29, 1.82) is 0 Å². The van der Waals surface area contributed by atoms with Gasteiger partial charge in [-0.25, -0.2) is 0 Å². The van der Waals surface area contributed by atoms with Gasteiger partial charge in [0.1, 0.15) is 6.04 Å². The van der Waals surface area contributed by atoms with E-state index >= 15 is 0 Å². The van der Waals surface area contributed by atoms with Crippen LogP contribution in [0.5, 0.6) is 0 Å². The van der Waals surface area contributed by atoms with Gasteiger partial charge in [0.05, 0.1) is 5.56 Å². The number of carbonyl (C=O) groups excluding carboxylic acids is 3. The average Bonchev–Trinajstić information content (AvgIpc) is 2.55. The van der Waals surface area contributed by atoms with E-state index in [1.807, 2.05) is 0 Å². The zero-order chi connectivity index (χ0) is 16.8. The van der Waals surface area contributed by atoms with Crippen LogP contribution in [-0.4, -0.2) is 28.0 Å². The molecule has 0 spiro atoms. The first-order valence-electron chi connectivity index (χ1n) is 6.80. The maximum absolute atomic E-state index is 12.2. The first kappa shape index (κ1) is 16.7. The molecule has 1 aromatic carbocycles. The molecule has 0 aliphatic heterocycles. The predicted molar refractivity (Wildman–Crippen MR) is 87.0 cm³/mol. The lowest BCUT2D eigenvalue weighted by Crippen LogP contribution is -2.42. The molecule has 2 amide bonds. The van der Waals surface area contributed by atoms with Gasteiger partial charge in [0.15, 0.2) is 0 Å². The van der Waals surface area contributed by atoms with Gasteiger partial charge in [0.2, 0.25) is 11.0 Å². The normalized spacial score (nSPS) is 11.5. The van der Waals surface area contributed by atoms with Crippen LogP contribution in [0.15, 0.2) is 53.7 Å². The summed E-state index contributed by atoms with van der Waals surface area (Å²) in [4.78, 5) is 39.9. The van der Waals surface area contributed by atoms with E-state index in [0.717, 1.165) is 11.8 Å². The maximum atomic E-state index is 12.2. The molecule has 0 unspecified atom stereocenters. The van der Waals surface area contributed by atoms with Crippen molar-refractivity contribution in [3.63, 3.8) is 0 Å². The highest BCUT2D eigenvalue weighted by Crippen LogP contribution is 2.26. The molecule has 1 heterocycles.